The average molecular weight is 358 g/mol. The van der Waals surface area contributed by atoms with Crippen LogP contribution in [0.25, 0.3) is 10.9 Å². The van der Waals surface area contributed by atoms with E-state index in [0.29, 0.717) is 0 Å². The largest absolute Gasteiger partial charge is 0.343 e. The maximum absolute atomic E-state index is 4.08. The number of nitrogens with one attached hydrogen (secondary N) is 1. The Bertz CT molecular complexity index is 981. The van der Waals surface area contributed by atoms with Crippen molar-refractivity contribution in [3.8, 4) is 0 Å². The molecule has 0 saturated heterocycles. The molecule has 4 nitrogen and oxygen atoms in total. The van der Waals surface area contributed by atoms with Gasteiger partial charge >= 0.3 is 0 Å². The minimum Gasteiger partial charge on any atom is -0.343 e. The summed E-state index contributed by atoms with van der Waals surface area (Å²) in [5.74, 6) is 0. The Labute approximate surface area is 160 Å². The van der Waals surface area contributed by atoms with E-state index in [1.165, 1.54) is 27.6 Å². The summed E-state index contributed by atoms with van der Waals surface area (Å²) >= 11 is 0. The van der Waals surface area contributed by atoms with Crippen LogP contribution in [0.5, 0.6) is 0 Å². The fourth-order valence-corrected chi connectivity index (χ4v) is 3.51. The number of aryl methyl sites for hydroxylation is 2. The molecule has 0 radical (unpaired) electrons. The number of fused-ring (bicyclic) bond motifs is 1. The predicted molar refractivity (Wildman–Crippen MR) is 111 cm³/mol. The van der Waals surface area contributed by atoms with Gasteiger partial charge in [-0.1, -0.05) is 48.0 Å². The summed E-state index contributed by atoms with van der Waals surface area (Å²) in [6, 6.07) is 17.5. The van der Waals surface area contributed by atoms with Gasteiger partial charge in [0.25, 0.3) is 0 Å². The van der Waals surface area contributed by atoms with Crippen LogP contribution in [0.1, 0.15) is 23.1 Å². The number of rotatable bonds is 8. The summed E-state index contributed by atoms with van der Waals surface area (Å²) < 4.78 is 4.48. The van der Waals surface area contributed by atoms with Crippen LogP contribution in [0.4, 0.5) is 0 Å². The molecule has 1 N–H and O–H groups in total. The number of para-hydroxylation sites is 1. The van der Waals surface area contributed by atoms with E-state index in [4.69, 9.17) is 0 Å². The molecule has 4 aromatic rings. The summed E-state index contributed by atoms with van der Waals surface area (Å²) in [5.41, 5.74) is 5.30. The van der Waals surface area contributed by atoms with E-state index in [-0.39, 0.29) is 0 Å². The fourth-order valence-electron chi connectivity index (χ4n) is 3.51. The number of aromatic nitrogens is 3. The second-order valence-corrected chi connectivity index (χ2v) is 7.12. The first-order chi connectivity index (χ1) is 13.3. The molecule has 27 heavy (non-hydrogen) atoms. The van der Waals surface area contributed by atoms with Crippen molar-refractivity contribution in [2.24, 2.45) is 0 Å². The lowest BCUT2D eigenvalue weighted by Crippen LogP contribution is -2.16. The Morgan fingerprint density at radius 1 is 1.04 bits per heavy atom. The Kier molecular flexibility index (Phi) is 5.35. The third-order valence-corrected chi connectivity index (χ3v) is 4.99. The zero-order valence-electron chi connectivity index (χ0n) is 15.8. The molecule has 2 aromatic heterocycles. The number of hydrogen-bond donors (Lipinski definition) is 1. The van der Waals surface area contributed by atoms with Gasteiger partial charge in [-0.05, 0) is 37.1 Å². The SMILES string of the molecule is Cc1ccc(Cn2cc(CNCCCn3ccnc3)c3ccccc32)cc1. The third-order valence-electron chi connectivity index (χ3n) is 4.99. The van der Waals surface area contributed by atoms with Gasteiger partial charge in [-0.15, -0.1) is 0 Å². The van der Waals surface area contributed by atoms with Crippen LogP contribution in [0, 0.1) is 6.92 Å². The van der Waals surface area contributed by atoms with Crippen molar-refractivity contribution in [2.45, 2.75) is 33.0 Å². The van der Waals surface area contributed by atoms with Gasteiger partial charge in [-0.2, -0.15) is 0 Å². The number of benzene rings is 2. The first kappa shape index (κ1) is 17.6. The van der Waals surface area contributed by atoms with Crippen LogP contribution < -0.4 is 5.32 Å². The van der Waals surface area contributed by atoms with Crippen LogP contribution in [0.15, 0.2) is 73.4 Å². The molecule has 0 amide bonds. The molecule has 0 spiro atoms. The first-order valence-electron chi connectivity index (χ1n) is 9.58. The van der Waals surface area contributed by atoms with Gasteiger partial charge in [0.15, 0.2) is 0 Å². The second kappa shape index (κ2) is 8.23. The minimum atomic E-state index is 0.894. The highest BCUT2D eigenvalue weighted by atomic mass is 15.0. The maximum atomic E-state index is 4.08. The normalized spacial score (nSPS) is 11.3. The fraction of sp³-hybridized carbons (Fsp3) is 0.261. The molecule has 2 heterocycles. The van der Waals surface area contributed by atoms with Crippen molar-refractivity contribution in [2.75, 3.05) is 6.54 Å². The van der Waals surface area contributed by atoms with Gasteiger partial charge in [-0.25, -0.2) is 4.98 Å². The molecule has 2 aromatic carbocycles. The molecular weight excluding hydrogens is 332 g/mol. The highest BCUT2D eigenvalue weighted by molar-refractivity contribution is 5.84. The van der Waals surface area contributed by atoms with E-state index in [1.807, 2.05) is 18.7 Å². The molecule has 4 heteroatoms. The van der Waals surface area contributed by atoms with Gasteiger partial charge < -0.3 is 14.5 Å². The summed E-state index contributed by atoms with van der Waals surface area (Å²) in [5, 5.41) is 4.93. The zero-order valence-corrected chi connectivity index (χ0v) is 15.8. The van der Waals surface area contributed by atoms with E-state index in [9.17, 15) is 0 Å². The molecule has 0 fully saturated rings. The van der Waals surface area contributed by atoms with E-state index in [2.05, 4.69) is 81.1 Å². The van der Waals surface area contributed by atoms with E-state index in [1.54, 1.807) is 0 Å². The first-order valence-corrected chi connectivity index (χ1v) is 9.58. The Morgan fingerprint density at radius 3 is 2.70 bits per heavy atom. The van der Waals surface area contributed by atoms with Crippen LogP contribution >= 0.6 is 0 Å². The average Bonchev–Trinajstić information content (AvgIpc) is 3.32. The Morgan fingerprint density at radius 2 is 1.89 bits per heavy atom. The summed E-state index contributed by atoms with van der Waals surface area (Å²) in [7, 11) is 0. The Hall–Kier alpha value is -2.85. The van der Waals surface area contributed by atoms with Gasteiger partial charge in [-0.3, -0.25) is 0 Å². The molecule has 0 aliphatic heterocycles. The topological polar surface area (TPSA) is 34.8 Å². The summed E-state index contributed by atoms with van der Waals surface area (Å²) in [6.45, 7) is 5.93. The summed E-state index contributed by atoms with van der Waals surface area (Å²) in [6.07, 6.45) is 9.11. The Balaban J connectivity index is 1.42. The predicted octanol–water partition coefficient (Wildman–Crippen LogP) is 4.37. The van der Waals surface area contributed by atoms with Gasteiger partial charge in [0.1, 0.15) is 0 Å². The molecule has 4 rings (SSSR count). The lowest BCUT2D eigenvalue weighted by atomic mass is 10.1. The van der Waals surface area contributed by atoms with Gasteiger partial charge in [0, 0.05) is 49.1 Å². The molecule has 0 saturated carbocycles. The molecule has 138 valence electrons. The van der Waals surface area contributed by atoms with Crippen molar-refractivity contribution in [3.63, 3.8) is 0 Å². The molecule has 0 bridgehead atoms. The van der Waals surface area contributed by atoms with Crippen molar-refractivity contribution >= 4 is 10.9 Å². The van der Waals surface area contributed by atoms with Crippen molar-refractivity contribution in [1.82, 2.24) is 19.4 Å². The van der Waals surface area contributed by atoms with E-state index >= 15 is 0 Å². The quantitative estimate of drug-likeness (QED) is 0.475. The molecule has 0 aliphatic rings. The monoisotopic (exact) mass is 358 g/mol. The van der Waals surface area contributed by atoms with Crippen LogP contribution in [0.2, 0.25) is 0 Å². The van der Waals surface area contributed by atoms with Crippen molar-refractivity contribution in [1.29, 1.82) is 0 Å². The molecular formula is C23H26N4. The van der Waals surface area contributed by atoms with Crippen LogP contribution in [-0.4, -0.2) is 20.7 Å². The third kappa shape index (κ3) is 4.29. The molecule has 0 unspecified atom stereocenters. The maximum Gasteiger partial charge on any atom is 0.0945 e. The van der Waals surface area contributed by atoms with Crippen molar-refractivity contribution < 1.29 is 0 Å². The number of nitrogens with zero attached hydrogens (tertiary/aromatic N) is 3. The minimum absolute atomic E-state index is 0.894. The molecule has 0 atom stereocenters. The van der Waals surface area contributed by atoms with E-state index < -0.39 is 0 Å². The number of imidazole rings is 1. The van der Waals surface area contributed by atoms with Crippen molar-refractivity contribution in [3.05, 3.63) is 90.1 Å². The van der Waals surface area contributed by atoms with Crippen LogP contribution in [-0.2, 0) is 19.6 Å². The summed E-state index contributed by atoms with van der Waals surface area (Å²) in [4.78, 5) is 4.08. The standard InChI is InChI=1S/C23H26N4/c1-19-7-9-20(10-8-19)16-27-17-21(22-5-2-3-6-23(22)27)15-24-11-4-13-26-14-12-25-18-26/h2-3,5-10,12,14,17-18,24H,4,11,13,15-16H2,1H3. The lowest BCUT2D eigenvalue weighted by Gasteiger charge is -2.06. The number of hydrogen-bond acceptors (Lipinski definition) is 2. The van der Waals surface area contributed by atoms with Gasteiger partial charge in [0.2, 0.25) is 0 Å². The smallest absolute Gasteiger partial charge is 0.0945 e. The highest BCUT2D eigenvalue weighted by Crippen LogP contribution is 2.22. The molecule has 0 aliphatic carbocycles. The van der Waals surface area contributed by atoms with E-state index in [0.717, 1.165) is 32.6 Å². The van der Waals surface area contributed by atoms with Gasteiger partial charge in [0.05, 0.1) is 6.33 Å². The lowest BCUT2D eigenvalue weighted by molar-refractivity contribution is 0.581. The highest BCUT2D eigenvalue weighted by Gasteiger charge is 2.08. The second-order valence-electron chi connectivity index (χ2n) is 7.12. The van der Waals surface area contributed by atoms with Crippen LogP contribution in [0.3, 0.4) is 0 Å². The zero-order chi connectivity index (χ0) is 18.5.